The molecule has 0 aliphatic carbocycles. The number of halogens is 2. The summed E-state index contributed by atoms with van der Waals surface area (Å²) in [5.74, 6) is 1.23. The van der Waals surface area contributed by atoms with Crippen LogP contribution < -0.4 is 20.5 Å². The van der Waals surface area contributed by atoms with Crippen LogP contribution in [0.3, 0.4) is 0 Å². The first kappa shape index (κ1) is 23.0. The van der Waals surface area contributed by atoms with Crippen molar-refractivity contribution >= 4 is 29.9 Å². The summed E-state index contributed by atoms with van der Waals surface area (Å²) in [4.78, 5) is 11.7. The van der Waals surface area contributed by atoms with Gasteiger partial charge in [-0.1, -0.05) is 23.7 Å². The summed E-state index contributed by atoms with van der Waals surface area (Å²) < 4.78 is 16.0. The van der Waals surface area contributed by atoms with E-state index in [2.05, 4.69) is 5.32 Å². The zero-order valence-electron chi connectivity index (χ0n) is 15.0. The minimum Gasteiger partial charge on any atom is -0.490 e. The number of amides is 1. The highest BCUT2D eigenvalue weighted by Gasteiger charge is 2.12. The molecule has 6 nitrogen and oxygen atoms in total. The summed E-state index contributed by atoms with van der Waals surface area (Å²) in [5.41, 5.74) is 6.61. The van der Waals surface area contributed by atoms with Gasteiger partial charge in [0, 0.05) is 18.7 Å². The minimum absolute atomic E-state index is 0. The molecule has 2 aromatic carbocycles. The normalized spacial score (nSPS) is 11.2. The second-order valence-electron chi connectivity index (χ2n) is 5.57. The average Bonchev–Trinajstić information content (AvgIpc) is 2.66. The number of hydrogen-bond acceptors (Lipinski definition) is 5. The Morgan fingerprint density at radius 3 is 2.07 bits per heavy atom. The lowest BCUT2D eigenvalue weighted by Gasteiger charge is -2.12. The van der Waals surface area contributed by atoms with E-state index in [1.54, 1.807) is 12.1 Å². The van der Waals surface area contributed by atoms with Crippen molar-refractivity contribution in [2.24, 2.45) is 5.73 Å². The number of nitrogens with one attached hydrogen (secondary N) is 1. The molecule has 0 bridgehead atoms. The van der Waals surface area contributed by atoms with Crippen LogP contribution in [0.1, 0.15) is 5.56 Å². The number of carbonyl (C=O) groups excluding carboxylic acids is 1. The smallest absolute Gasteiger partial charge is 0.239 e. The second-order valence-corrected chi connectivity index (χ2v) is 6.01. The Morgan fingerprint density at radius 1 is 1.04 bits per heavy atom. The fraction of sp³-hybridized carbons (Fsp3) is 0.316. The molecule has 1 atom stereocenters. The van der Waals surface area contributed by atoms with E-state index in [0.29, 0.717) is 24.8 Å². The van der Waals surface area contributed by atoms with Gasteiger partial charge in [-0.15, -0.1) is 12.4 Å². The summed E-state index contributed by atoms with van der Waals surface area (Å²) >= 11 is 5.82. The molecule has 0 fully saturated rings. The summed E-state index contributed by atoms with van der Waals surface area (Å²) in [6, 6.07) is 14.0. The molecule has 1 amide bonds. The number of rotatable bonds is 10. The SMILES string of the molecule is COCC(N)C(=O)NCc1ccc(OCCOc2ccc(Cl)cc2)cc1.Cl. The molecule has 2 rings (SSSR count). The van der Waals surface area contributed by atoms with Gasteiger partial charge in [-0.3, -0.25) is 4.79 Å². The molecule has 1 unspecified atom stereocenters. The summed E-state index contributed by atoms with van der Waals surface area (Å²) in [7, 11) is 1.51. The summed E-state index contributed by atoms with van der Waals surface area (Å²) in [6.45, 7) is 1.44. The van der Waals surface area contributed by atoms with Crippen molar-refractivity contribution in [3.8, 4) is 11.5 Å². The van der Waals surface area contributed by atoms with Crippen molar-refractivity contribution in [2.45, 2.75) is 12.6 Å². The molecule has 3 N–H and O–H groups in total. The van der Waals surface area contributed by atoms with Gasteiger partial charge in [-0.2, -0.15) is 0 Å². The van der Waals surface area contributed by atoms with Crippen LogP contribution in [0.2, 0.25) is 5.02 Å². The molecule has 0 saturated carbocycles. The van der Waals surface area contributed by atoms with Gasteiger partial charge in [0.15, 0.2) is 0 Å². The van der Waals surface area contributed by atoms with Crippen LogP contribution in [0.15, 0.2) is 48.5 Å². The summed E-state index contributed by atoms with van der Waals surface area (Å²) in [6.07, 6.45) is 0. The molecule has 0 heterocycles. The van der Waals surface area contributed by atoms with Crippen molar-refractivity contribution < 1.29 is 19.0 Å². The lowest BCUT2D eigenvalue weighted by Crippen LogP contribution is -2.43. The third-order valence-corrected chi connectivity index (χ3v) is 3.76. The molecule has 0 aliphatic rings. The van der Waals surface area contributed by atoms with Gasteiger partial charge < -0.3 is 25.3 Å². The maximum Gasteiger partial charge on any atom is 0.239 e. The highest BCUT2D eigenvalue weighted by atomic mass is 35.5. The zero-order valence-corrected chi connectivity index (χ0v) is 16.6. The van der Waals surface area contributed by atoms with E-state index >= 15 is 0 Å². The maximum atomic E-state index is 11.7. The maximum absolute atomic E-state index is 11.7. The average molecular weight is 415 g/mol. The Kier molecular flexibility index (Phi) is 10.6. The number of nitrogens with two attached hydrogens (primary N) is 1. The van der Waals surface area contributed by atoms with Gasteiger partial charge >= 0.3 is 0 Å². The molecule has 0 radical (unpaired) electrons. The van der Waals surface area contributed by atoms with Crippen LogP contribution in [0.25, 0.3) is 0 Å². The third kappa shape index (κ3) is 8.49. The predicted molar refractivity (Wildman–Crippen MR) is 108 cm³/mol. The van der Waals surface area contributed by atoms with Crippen LogP contribution in [-0.2, 0) is 16.1 Å². The van der Waals surface area contributed by atoms with Gasteiger partial charge in [0.25, 0.3) is 0 Å². The molecule has 0 aliphatic heterocycles. The fourth-order valence-corrected chi connectivity index (χ4v) is 2.25. The third-order valence-electron chi connectivity index (χ3n) is 3.51. The van der Waals surface area contributed by atoms with Gasteiger partial charge in [0.1, 0.15) is 30.8 Å². The molecule has 0 aromatic heterocycles. The van der Waals surface area contributed by atoms with Crippen molar-refractivity contribution in [2.75, 3.05) is 26.9 Å². The first-order valence-corrected chi connectivity index (χ1v) is 8.58. The van der Waals surface area contributed by atoms with E-state index in [0.717, 1.165) is 17.1 Å². The van der Waals surface area contributed by atoms with Gasteiger partial charge in [0.2, 0.25) is 5.91 Å². The van der Waals surface area contributed by atoms with Gasteiger partial charge in [-0.05, 0) is 42.0 Å². The van der Waals surface area contributed by atoms with Gasteiger partial charge in [0.05, 0.1) is 6.61 Å². The Bertz CT molecular complexity index is 681. The number of methoxy groups -OCH3 is 1. The van der Waals surface area contributed by atoms with E-state index in [4.69, 9.17) is 31.5 Å². The fourth-order valence-electron chi connectivity index (χ4n) is 2.13. The number of ether oxygens (including phenoxy) is 3. The largest absolute Gasteiger partial charge is 0.490 e. The van der Waals surface area contributed by atoms with E-state index in [9.17, 15) is 4.79 Å². The Labute approximate surface area is 170 Å². The monoisotopic (exact) mass is 414 g/mol. The number of benzene rings is 2. The van der Waals surface area contributed by atoms with Crippen molar-refractivity contribution in [1.82, 2.24) is 5.32 Å². The van der Waals surface area contributed by atoms with Crippen LogP contribution in [0, 0.1) is 0 Å². The van der Waals surface area contributed by atoms with E-state index in [-0.39, 0.29) is 24.9 Å². The van der Waals surface area contributed by atoms with E-state index in [1.165, 1.54) is 7.11 Å². The lowest BCUT2D eigenvalue weighted by molar-refractivity contribution is -0.123. The van der Waals surface area contributed by atoms with Crippen LogP contribution in [-0.4, -0.2) is 38.9 Å². The van der Waals surface area contributed by atoms with Crippen molar-refractivity contribution in [3.63, 3.8) is 0 Å². The molecule has 148 valence electrons. The molecular weight excluding hydrogens is 391 g/mol. The molecule has 8 heteroatoms. The van der Waals surface area contributed by atoms with Crippen LogP contribution >= 0.6 is 24.0 Å². The quantitative estimate of drug-likeness (QED) is 0.584. The standard InChI is InChI=1S/C19H23ClN2O4.ClH/c1-24-13-18(21)19(23)22-12-14-2-6-16(7-3-14)25-10-11-26-17-8-4-15(20)5-9-17;/h2-9,18H,10-13,21H2,1H3,(H,22,23);1H. The predicted octanol–water partition coefficient (Wildman–Crippen LogP) is 2.81. The highest BCUT2D eigenvalue weighted by molar-refractivity contribution is 6.30. The van der Waals surface area contributed by atoms with Crippen LogP contribution in [0.4, 0.5) is 0 Å². The molecule has 27 heavy (non-hydrogen) atoms. The van der Waals surface area contributed by atoms with Crippen molar-refractivity contribution in [3.05, 3.63) is 59.1 Å². The molecule has 2 aromatic rings. The first-order chi connectivity index (χ1) is 12.6. The molecule has 0 saturated heterocycles. The molecular formula is C19H24Cl2N2O4. The number of hydrogen-bond donors (Lipinski definition) is 2. The van der Waals surface area contributed by atoms with Crippen LogP contribution in [0.5, 0.6) is 11.5 Å². The van der Waals surface area contributed by atoms with Crippen molar-refractivity contribution in [1.29, 1.82) is 0 Å². The topological polar surface area (TPSA) is 82.8 Å². The summed E-state index contributed by atoms with van der Waals surface area (Å²) in [5, 5.41) is 3.44. The Morgan fingerprint density at radius 2 is 1.56 bits per heavy atom. The molecule has 0 spiro atoms. The Balaban J connectivity index is 0.00000364. The first-order valence-electron chi connectivity index (χ1n) is 8.21. The lowest BCUT2D eigenvalue weighted by atomic mass is 10.2. The second kappa shape index (κ2) is 12.4. The number of carbonyl (C=O) groups is 1. The zero-order chi connectivity index (χ0) is 18.8. The highest BCUT2D eigenvalue weighted by Crippen LogP contribution is 2.16. The Hall–Kier alpha value is -1.99. The van der Waals surface area contributed by atoms with Gasteiger partial charge in [-0.25, -0.2) is 0 Å². The van der Waals surface area contributed by atoms with E-state index < -0.39 is 6.04 Å². The minimum atomic E-state index is -0.664. The van der Waals surface area contributed by atoms with E-state index in [1.807, 2.05) is 36.4 Å².